The van der Waals surface area contributed by atoms with Gasteiger partial charge in [-0.2, -0.15) is 0 Å². The molecule has 0 aromatic rings. The summed E-state index contributed by atoms with van der Waals surface area (Å²) in [5, 5.41) is 10.5. The van der Waals surface area contributed by atoms with E-state index in [1.54, 1.807) is 5.57 Å². The Kier molecular flexibility index (Phi) is 6.44. The predicted octanol–water partition coefficient (Wildman–Crippen LogP) is 7.16. The van der Waals surface area contributed by atoms with Crippen LogP contribution in [-0.2, 0) is 4.74 Å². The fourth-order valence-electron chi connectivity index (χ4n) is 8.95. The molecule has 0 saturated heterocycles. The van der Waals surface area contributed by atoms with Gasteiger partial charge in [-0.25, -0.2) is 0 Å². The van der Waals surface area contributed by atoms with Crippen LogP contribution in [0, 0.1) is 52.3 Å². The van der Waals surface area contributed by atoms with Crippen LogP contribution in [0.25, 0.3) is 0 Å². The molecule has 0 amide bonds. The Balaban J connectivity index is 1.54. The fourth-order valence-corrected chi connectivity index (χ4v) is 8.95. The molecule has 0 spiro atoms. The van der Waals surface area contributed by atoms with E-state index in [0.717, 1.165) is 31.6 Å². The molecule has 0 radical (unpaired) electrons. The molecule has 0 aliphatic heterocycles. The fraction of sp³-hybridized carbons (Fsp3) is 0.867. The summed E-state index contributed by atoms with van der Waals surface area (Å²) >= 11 is 0. The third-order valence-electron chi connectivity index (χ3n) is 11.4. The van der Waals surface area contributed by atoms with Gasteiger partial charge < -0.3 is 9.84 Å². The zero-order chi connectivity index (χ0) is 23.4. The number of unbranched alkanes of at least 4 members (excludes halogenated alkanes) is 1. The van der Waals surface area contributed by atoms with E-state index in [9.17, 15) is 5.11 Å². The first-order valence-electron chi connectivity index (χ1n) is 13.5. The van der Waals surface area contributed by atoms with Crippen molar-refractivity contribution in [2.45, 2.75) is 117 Å². The summed E-state index contributed by atoms with van der Waals surface area (Å²) < 4.78 is 5.63. The minimum Gasteiger partial charge on any atom is -0.393 e. The van der Waals surface area contributed by atoms with Crippen molar-refractivity contribution in [1.29, 1.82) is 0 Å². The highest BCUT2D eigenvalue weighted by molar-refractivity contribution is 5.32. The van der Waals surface area contributed by atoms with Crippen molar-refractivity contribution in [3.8, 4) is 12.3 Å². The van der Waals surface area contributed by atoms with Gasteiger partial charge in [0.1, 0.15) is 0 Å². The molecule has 3 saturated carbocycles. The third kappa shape index (κ3) is 3.53. The zero-order valence-corrected chi connectivity index (χ0v) is 21.7. The monoisotopic (exact) mass is 440 g/mol. The van der Waals surface area contributed by atoms with Crippen molar-refractivity contribution < 1.29 is 9.84 Å². The first-order chi connectivity index (χ1) is 15.0. The average Bonchev–Trinajstić information content (AvgIpc) is 3.06. The second-order valence-electron chi connectivity index (χ2n) is 13.0. The average molecular weight is 441 g/mol. The Morgan fingerprint density at radius 2 is 1.91 bits per heavy atom. The molecule has 3 fully saturated rings. The maximum absolute atomic E-state index is 10.5. The molecule has 32 heavy (non-hydrogen) atoms. The van der Waals surface area contributed by atoms with Crippen LogP contribution in [0.15, 0.2) is 11.6 Å². The number of allylic oxidation sites excluding steroid dienone is 1. The van der Waals surface area contributed by atoms with Crippen LogP contribution in [0.3, 0.4) is 0 Å². The maximum atomic E-state index is 10.5. The molecule has 4 aliphatic carbocycles. The van der Waals surface area contributed by atoms with Crippen LogP contribution < -0.4 is 0 Å². The number of ether oxygens (including phenoxy) is 1. The number of aliphatic hydroxyl groups excluding tert-OH is 1. The Bertz CT molecular complexity index is 774. The largest absolute Gasteiger partial charge is 0.393 e. The molecule has 0 heterocycles. The summed E-state index contributed by atoms with van der Waals surface area (Å²) in [7, 11) is 1.83. The van der Waals surface area contributed by atoms with E-state index in [1.165, 1.54) is 44.9 Å². The van der Waals surface area contributed by atoms with Crippen molar-refractivity contribution in [3.05, 3.63) is 11.6 Å². The van der Waals surface area contributed by atoms with Gasteiger partial charge in [-0.3, -0.25) is 0 Å². The number of aliphatic hydroxyl groups is 1. The van der Waals surface area contributed by atoms with E-state index in [2.05, 4.69) is 46.6 Å². The van der Waals surface area contributed by atoms with Gasteiger partial charge in [-0.1, -0.05) is 51.2 Å². The topological polar surface area (TPSA) is 29.5 Å². The lowest BCUT2D eigenvalue weighted by Crippen LogP contribution is -2.58. The van der Waals surface area contributed by atoms with Gasteiger partial charge in [0.2, 0.25) is 0 Å². The van der Waals surface area contributed by atoms with Gasteiger partial charge in [0.15, 0.2) is 0 Å². The number of fused-ring (bicyclic) bond motifs is 5. The molecule has 3 unspecified atom stereocenters. The van der Waals surface area contributed by atoms with Crippen LogP contribution in [0.2, 0.25) is 0 Å². The van der Waals surface area contributed by atoms with Crippen LogP contribution in [0.5, 0.6) is 0 Å². The number of rotatable bonds is 6. The number of terminal acetylenes is 1. The Hall–Kier alpha value is -0.780. The quantitative estimate of drug-likeness (QED) is 0.270. The van der Waals surface area contributed by atoms with Crippen LogP contribution in [0.1, 0.15) is 105 Å². The first-order valence-corrected chi connectivity index (χ1v) is 13.5. The summed E-state index contributed by atoms with van der Waals surface area (Å²) in [6.07, 6.45) is 22.2. The summed E-state index contributed by atoms with van der Waals surface area (Å²) in [6.45, 7) is 11.8. The normalized spacial score (nSPS) is 45.9. The second-order valence-corrected chi connectivity index (χ2v) is 13.0. The lowest BCUT2D eigenvalue weighted by atomic mass is 9.40. The van der Waals surface area contributed by atoms with Gasteiger partial charge in [-0.05, 0) is 100 Å². The molecule has 0 bridgehead atoms. The van der Waals surface area contributed by atoms with Crippen molar-refractivity contribution in [2.75, 3.05) is 7.11 Å². The van der Waals surface area contributed by atoms with Gasteiger partial charge in [0.05, 0.1) is 11.7 Å². The summed E-state index contributed by atoms with van der Waals surface area (Å²) in [4.78, 5) is 0. The Morgan fingerprint density at radius 1 is 1.16 bits per heavy atom. The number of methoxy groups -OCH3 is 1. The van der Waals surface area contributed by atoms with Crippen LogP contribution in [-0.4, -0.2) is 23.9 Å². The van der Waals surface area contributed by atoms with Crippen molar-refractivity contribution in [3.63, 3.8) is 0 Å². The van der Waals surface area contributed by atoms with Crippen LogP contribution in [0.4, 0.5) is 0 Å². The number of hydrogen-bond donors (Lipinski definition) is 1. The van der Waals surface area contributed by atoms with E-state index in [4.69, 9.17) is 11.2 Å². The molecule has 180 valence electrons. The Morgan fingerprint density at radius 3 is 2.59 bits per heavy atom. The predicted molar refractivity (Wildman–Crippen MR) is 133 cm³/mol. The molecule has 2 nitrogen and oxygen atoms in total. The highest BCUT2D eigenvalue weighted by Crippen LogP contribution is 2.74. The molecule has 0 aromatic heterocycles. The molecule has 1 N–H and O–H groups in total. The van der Waals surface area contributed by atoms with Gasteiger partial charge >= 0.3 is 0 Å². The summed E-state index contributed by atoms with van der Waals surface area (Å²) in [5.74, 6) is 5.79. The highest BCUT2D eigenvalue weighted by atomic mass is 16.5. The minimum atomic E-state index is -0.160. The van der Waals surface area contributed by atoms with Crippen molar-refractivity contribution in [2.24, 2.45) is 39.9 Å². The highest BCUT2D eigenvalue weighted by Gasteiger charge is 2.67. The van der Waals surface area contributed by atoms with E-state index in [-0.39, 0.29) is 22.5 Å². The van der Waals surface area contributed by atoms with Crippen molar-refractivity contribution >= 4 is 0 Å². The summed E-state index contributed by atoms with van der Waals surface area (Å²) in [6, 6.07) is 0. The van der Waals surface area contributed by atoms with E-state index in [0.29, 0.717) is 23.2 Å². The Labute approximate surface area is 198 Å². The molecular weight excluding hydrogens is 392 g/mol. The van der Waals surface area contributed by atoms with E-state index < -0.39 is 0 Å². The van der Waals surface area contributed by atoms with Crippen LogP contribution >= 0.6 is 0 Å². The third-order valence-corrected chi connectivity index (χ3v) is 11.4. The summed E-state index contributed by atoms with van der Waals surface area (Å²) in [5.41, 5.74) is 2.15. The van der Waals surface area contributed by atoms with E-state index >= 15 is 0 Å². The first kappa shape index (κ1) is 24.3. The minimum absolute atomic E-state index is 0.00828. The van der Waals surface area contributed by atoms with Crippen molar-refractivity contribution in [1.82, 2.24) is 0 Å². The number of hydrogen-bond acceptors (Lipinski definition) is 2. The zero-order valence-electron chi connectivity index (χ0n) is 21.7. The molecule has 2 heteroatoms. The standard InChI is InChI=1S/C30H48O2/c1-8-30-18-16-22(11-9-10-17-27(3,4)32-7)29(30,6)20-19-28(5)24-13-14-25(31)21(2)23(24)12-15-26(28)30/h1,12,21-22,24-26,31H,9-11,13-20H2,2-7H3/t21-,22?,24?,25+,26?,28+,29-,30+/m1/s1. The lowest BCUT2D eigenvalue weighted by Gasteiger charge is -2.64. The molecule has 0 aromatic carbocycles. The second kappa shape index (κ2) is 8.46. The maximum Gasteiger partial charge on any atom is 0.0622 e. The smallest absolute Gasteiger partial charge is 0.0622 e. The van der Waals surface area contributed by atoms with E-state index in [1.807, 2.05) is 7.11 Å². The molecule has 4 rings (SSSR count). The SMILES string of the molecule is C#C[C@@]12CCC(CCCCC(C)(C)OC)[C@@]1(C)CC[C@@]1(C)C3CC[C@H](O)[C@H](C)C3=CCC12. The van der Waals surface area contributed by atoms with Gasteiger partial charge in [0, 0.05) is 18.4 Å². The van der Waals surface area contributed by atoms with Gasteiger partial charge in [0.25, 0.3) is 0 Å². The lowest BCUT2D eigenvalue weighted by molar-refractivity contribution is -0.116. The molecule has 4 aliphatic rings. The van der Waals surface area contributed by atoms with Gasteiger partial charge in [-0.15, -0.1) is 6.42 Å². The molecular formula is C30H48O2. The molecule has 8 atom stereocenters.